The van der Waals surface area contributed by atoms with Crippen LogP contribution in [0, 0.1) is 0 Å². The summed E-state index contributed by atoms with van der Waals surface area (Å²) in [6.07, 6.45) is 0. The van der Waals surface area contributed by atoms with Gasteiger partial charge in [-0.1, -0.05) is 18.2 Å². The van der Waals surface area contributed by atoms with Crippen LogP contribution < -0.4 is 0 Å². The summed E-state index contributed by atoms with van der Waals surface area (Å²) in [7, 11) is 0. The van der Waals surface area contributed by atoms with Crippen LogP contribution in [-0.2, 0) is 0 Å². The molecule has 0 aliphatic carbocycles. The Bertz CT molecular complexity index is 986. The Kier molecular flexibility index (Phi) is 4.43. The van der Waals surface area contributed by atoms with Gasteiger partial charge in [-0.25, -0.2) is 0 Å². The molecule has 0 saturated heterocycles. The first kappa shape index (κ1) is 17.2. The Morgan fingerprint density at radius 2 is 0.625 bits per heavy atom. The summed E-state index contributed by atoms with van der Waals surface area (Å²) in [4.78, 5) is 5.05. The topological polar surface area (TPSA) is 0 Å². The molecule has 0 N–H and O–H groups in total. The lowest BCUT2D eigenvalue weighted by molar-refractivity contribution is 1.30. The highest BCUT2D eigenvalue weighted by Crippen LogP contribution is 2.45. The van der Waals surface area contributed by atoms with E-state index in [4.69, 9.17) is 37.9 Å². The maximum absolute atomic E-state index is 4.72. The van der Waals surface area contributed by atoms with Gasteiger partial charge in [0.15, 0.2) is 0 Å². The highest BCUT2D eigenvalue weighted by Gasteiger charge is 2.17. The molecule has 0 nitrogen and oxygen atoms in total. The van der Waals surface area contributed by atoms with Gasteiger partial charge in [0.1, 0.15) is 0 Å². The number of thiol groups is 6. The monoisotopic (exact) mass is 420 g/mol. The third kappa shape index (κ3) is 2.38. The number of hydrogen-bond donors (Lipinski definition) is 6. The van der Waals surface area contributed by atoms with Crippen molar-refractivity contribution in [1.82, 2.24) is 0 Å². The second-order valence-corrected chi connectivity index (χ2v) is 8.35. The van der Waals surface area contributed by atoms with Crippen LogP contribution in [0.5, 0.6) is 0 Å². The van der Waals surface area contributed by atoms with Gasteiger partial charge in [0.25, 0.3) is 0 Å². The van der Waals surface area contributed by atoms with Crippen molar-refractivity contribution < 1.29 is 0 Å². The minimum Gasteiger partial charge on any atom is -0.142 e. The molecule has 0 fully saturated rings. The van der Waals surface area contributed by atoms with Gasteiger partial charge in [0.2, 0.25) is 0 Å². The van der Waals surface area contributed by atoms with Gasteiger partial charge in [0.05, 0.1) is 0 Å². The van der Waals surface area contributed by atoms with Crippen LogP contribution in [0.1, 0.15) is 0 Å². The normalized spacial score (nSPS) is 11.8. The van der Waals surface area contributed by atoms with Crippen LogP contribution in [0.4, 0.5) is 0 Å². The molecular weight excluding hydrogens is 409 g/mol. The number of benzene rings is 4. The second kappa shape index (κ2) is 6.18. The van der Waals surface area contributed by atoms with Crippen molar-refractivity contribution in [1.29, 1.82) is 0 Å². The van der Waals surface area contributed by atoms with Gasteiger partial charge in [-0.2, -0.15) is 0 Å². The predicted octanol–water partition coefficient (Wildman–Crippen LogP) is 6.88. The van der Waals surface area contributed by atoms with E-state index in [0.29, 0.717) is 0 Å². The molecule has 0 amide bonds. The summed E-state index contributed by atoms with van der Waals surface area (Å²) in [5.41, 5.74) is 0. The summed E-state index contributed by atoms with van der Waals surface area (Å²) in [5.74, 6) is 0. The molecule has 0 saturated carbocycles. The maximum atomic E-state index is 4.72. The molecule has 0 aliphatic rings. The molecule has 0 radical (unpaired) electrons. The summed E-state index contributed by atoms with van der Waals surface area (Å²) < 4.78 is 0. The number of rotatable bonds is 0. The SMILES string of the molecule is Sc1ccc2c(c1S)c1ccc(S)c(S)c1c1ccc(S)c(S)c21. The van der Waals surface area contributed by atoms with Gasteiger partial charge in [-0.05, 0) is 34.4 Å². The Labute approximate surface area is 172 Å². The highest BCUT2D eigenvalue weighted by atomic mass is 32.1. The van der Waals surface area contributed by atoms with E-state index in [1.165, 1.54) is 0 Å². The van der Waals surface area contributed by atoms with Crippen LogP contribution in [0.25, 0.3) is 32.3 Å². The molecule has 24 heavy (non-hydrogen) atoms. The predicted molar refractivity (Wildman–Crippen MR) is 122 cm³/mol. The van der Waals surface area contributed by atoms with Crippen LogP contribution in [0.2, 0.25) is 0 Å². The Balaban J connectivity index is 2.50. The third-order valence-electron chi connectivity index (χ3n) is 4.28. The van der Waals surface area contributed by atoms with Gasteiger partial charge in [-0.15, -0.1) is 75.8 Å². The van der Waals surface area contributed by atoms with Crippen LogP contribution in [0.15, 0.2) is 65.8 Å². The zero-order chi connectivity index (χ0) is 17.2. The lowest BCUT2D eigenvalue weighted by Gasteiger charge is -2.17. The van der Waals surface area contributed by atoms with Crippen molar-refractivity contribution >= 4 is 108 Å². The van der Waals surface area contributed by atoms with E-state index in [2.05, 4.69) is 56.1 Å². The highest BCUT2D eigenvalue weighted by molar-refractivity contribution is 7.84. The summed E-state index contributed by atoms with van der Waals surface area (Å²) in [6.45, 7) is 0. The largest absolute Gasteiger partial charge is 0.142 e. The quantitative estimate of drug-likeness (QED) is 0.130. The average molecular weight is 421 g/mol. The van der Waals surface area contributed by atoms with Crippen molar-refractivity contribution in [3.05, 3.63) is 36.4 Å². The molecule has 4 aromatic rings. The van der Waals surface area contributed by atoms with E-state index in [0.717, 1.165) is 61.7 Å². The maximum Gasteiger partial charge on any atom is 0.0259 e. The minimum atomic E-state index is 0.838. The molecule has 4 aromatic carbocycles. The third-order valence-corrected chi connectivity index (χ3v) is 7.32. The molecule has 0 atom stereocenters. The van der Waals surface area contributed by atoms with Gasteiger partial charge < -0.3 is 0 Å². The lowest BCUT2D eigenvalue weighted by Crippen LogP contribution is -1.89. The van der Waals surface area contributed by atoms with Crippen molar-refractivity contribution in [3.63, 3.8) is 0 Å². The van der Waals surface area contributed by atoms with E-state index in [1.54, 1.807) is 0 Å². The van der Waals surface area contributed by atoms with Gasteiger partial charge >= 0.3 is 0 Å². The van der Waals surface area contributed by atoms with Crippen molar-refractivity contribution in [2.24, 2.45) is 0 Å². The van der Waals surface area contributed by atoms with Gasteiger partial charge in [-0.3, -0.25) is 0 Å². The molecule has 0 spiro atoms. The summed E-state index contributed by atoms with van der Waals surface area (Å²) >= 11 is 27.8. The van der Waals surface area contributed by atoms with E-state index in [-0.39, 0.29) is 0 Å². The molecule has 0 aromatic heterocycles. The standard InChI is InChI=1S/C18H12S6/c19-10-4-1-7-13(16(10)22)8-3-6-12(21)18(24)15(8)9-2-5-11(20)17(23)14(7)9/h1-6,19-24H. The first-order valence-electron chi connectivity index (χ1n) is 7.07. The first-order valence-corrected chi connectivity index (χ1v) is 9.76. The fourth-order valence-corrected chi connectivity index (χ4v) is 4.69. The zero-order valence-electron chi connectivity index (χ0n) is 12.1. The minimum absolute atomic E-state index is 0.838. The Morgan fingerprint density at radius 1 is 0.375 bits per heavy atom. The van der Waals surface area contributed by atoms with Gasteiger partial charge in [0, 0.05) is 45.5 Å². The van der Waals surface area contributed by atoms with E-state index in [1.807, 2.05) is 18.2 Å². The Morgan fingerprint density at radius 3 is 0.875 bits per heavy atom. The van der Waals surface area contributed by atoms with Crippen LogP contribution >= 0.6 is 75.8 Å². The zero-order valence-corrected chi connectivity index (χ0v) is 17.5. The van der Waals surface area contributed by atoms with E-state index < -0.39 is 0 Å². The van der Waals surface area contributed by atoms with E-state index in [9.17, 15) is 0 Å². The molecule has 0 bridgehead atoms. The fraction of sp³-hybridized carbons (Fsp3) is 0. The van der Waals surface area contributed by atoms with Crippen molar-refractivity contribution in [2.75, 3.05) is 0 Å². The summed E-state index contributed by atoms with van der Waals surface area (Å²) in [6, 6.07) is 12.1. The average Bonchev–Trinajstić information content (AvgIpc) is 2.56. The molecule has 6 heteroatoms. The molecule has 0 heterocycles. The fourth-order valence-electron chi connectivity index (χ4n) is 3.18. The number of fused-ring (bicyclic) bond motifs is 6. The molecule has 0 aliphatic heterocycles. The molecular formula is C18H12S6. The lowest BCUT2D eigenvalue weighted by atomic mass is 9.94. The van der Waals surface area contributed by atoms with Crippen LogP contribution in [0.3, 0.4) is 0 Å². The smallest absolute Gasteiger partial charge is 0.0259 e. The first-order chi connectivity index (χ1) is 11.4. The van der Waals surface area contributed by atoms with Crippen molar-refractivity contribution in [3.8, 4) is 0 Å². The Hall–Kier alpha value is -0.240. The molecule has 120 valence electrons. The second-order valence-electron chi connectivity index (χ2n) is 5.57. The summed E-state index contributed by atoms with van der Waals surface area (Å²) in [5, 5.41) is 6.39. The van der Waals surface area contributed by atoms with Crippen LogP contribution in [-0.4, -0.2) is 0 Å². The molecule has 4 rings (SSSR count). The van der Waals surface area contributed by atoms with Crippen molar-refractivity contribution in [2.45, 2.75) is 29.4 Å². The molecule has 0 unspecified atom stereocenters. The number of hydrogen-bond acceptors (Lipinski definition) is 6. The van der Waals surface area contributed by atoms with E-state index >= 15 is 0 Å².